The van der Waals surface area contributed by atoms with Gasteiger partial charge in [0.25, 0.3) is 5.91 Å². The maximum atomic E-state index is 13.0. The van der Waals surface area contributed by atoms with E-state index in [0.29, 0.717) is 19.6 Å². The lowest BCUT2D eigenvalue weighted by molar-refractivity contribution is 0.0758. The molecule has 0 bridgehead atoms. The van der Waals surface area contributed by atoms with Gasteiger partial charge in [-0.2, -0.15) is 0 Å². The minimum absolute atomic E-state index is 0.0171. The van der Waals surface area contributed by atoms with Gasteiger partial charge in [-0.1, -0.05) is 48.0 Å². The van der Waals surface area contributed by atoms with Crippen molar-refractivity contribution in [2.24, 2.45) is 0 Å². The molecule has 0 aliphatic heterocycles. The summed E-state index contributed by atoms with van der Waals surface area (Å²) < 4.78 is 2.15. The molecule has 27 heavy (non-hydrogen) atoms. The number of aryl methyl sites for hydroxylation is 1. The molecule has 0 fully saturated rings. The van der Waals surface area contributed by atoms with Crippen molar-refractivity contribution < 1.29 is 4.79 Å². The number of aromatic nitrogens is 1. The van der Waals surface area contributed by atoms with E-state index in [4.69, 9.17) is 11.6 Å². The van der Waals surface area contributed by atoms with Crippen LogP contribution in [0.2, 0.25) is 5.02 Å². The summed E-state index contributed by atoms with van der Waals surface area (Å²) in [6, 6.07) is 19.6. The zero-order valence-corrected chi connectivity index (χ0v) is 16.2. The summed E-state index contributed by atoms with van der Waals surface area (Å²) in [6.07, 6.45) is 3.79. The lowest BCUT2D eigenvalue weighted by Gasteiger charge is -2.23. The molecule has 0 radical (unpaired) electrons. The molecule has 0 spiro atoms. The minimum atomic E-state index is 0.0171. The van der Waals surface area contributed by atoms with Gasteiger partial charge in [0.05, 0.1) is 6.54 Å². The van der Waals surface area contributed by atoms with Crippen LogP contribution in [0.5, 0.6) is 0 Å². The highest BCUT2D eigenvalue weighted by Gasteiger charge is 2.18. The van der Waals surface area contributed by atoms with Gasteiger partial charge >= 0.3 is 0 Å². The van der Waals surface area contributed by atoms with Gasteiger partial charge in [0.15, 0.2) is 0 Å². The molecule has 1 aromatic heterocycles. The first-order valence-electron chi connectivity index (χ1n) is 8.92. The number of amides is 1. The Kier molecular flexibility index (Phi) is 6.15. The molecule has 0 unspecified atom stereocenters. The third kappa shape index (κ3) is 4.69. The summed E-state index contributed by atoms with van der Waals surface area (Å²) >= 11 is 6.10. The molecule has 4 heteroatoms. The smallest absolute Gasteiger partial charge is 0.254 e. The highest BCUT2D eigenvalue weighted by atomic mass is 35.5. The summed E-state index contributed by atoms with van der Waals surface area (Å²) in [5, 5.41) is 0.726. The fraction of sp³-hybridized carbons (Fsp3) is 0.174. The number of benzene rings is 2. The van der Waals surface area contributed by atoms with Crippen LogP contribution < -0.4 is 0 Å². The molecule has 3 aromatic rings. The Hall–Kier alpha value is -2.78. The molecular formula is C23H23ClN2O. The van der Waals surface area contributed by atoms with Crippen LogP contribution in [0.1, 0.15) is 27.2 Å². The molecule has 0 aliphatic rings. The second-order valence-corrected chi connectivity index (χ2v) is 6.98. The predicted molar refractivity (Wildman–Crippen MR) is 111 cm³/mol. The van der Waals surface area contributed by atoms with Crippen LogP contribution in [0.4, 0.5) is 0 Å². The van der Waals surface area contributed by atoms with Crippen molar-refractivity contribution in [3.63, 3.8) is 0 Å². The zero-order valence-electron chi connectivity index (χ0n) is 15.4. The summed E-state index contributed by atoms with van der Waals surface area (Å²) in [4.78, 5) is 14.9. The second kappa shape index (κ2) is 8.74. The summed E-state index contributed by atoms with van der Waals surface area (Å²) in [6.45, 7) is 7.50. The van der Waals surface area contributed by atoms with E-state index < -0.39 is 0 Å². The Morgan fingerprint density at radius 3 is 2.70 bits per heavy atom. The van der Waals surface area contributed by atoms with Crippen molar-refractivity contribution in [1.82, 2.24) is 9.47 Å². The normalized spacial score (nSPS) is 10.6. The number of nitrogens with zero attached hydrogens (tertiary/aromatic N) is 2. The lowest BCUT2D eigenvalue weighted by atomic mass is 10.1. The molecule has 1 heterocycles. The van der Waals surface area contributed by atoms with Gasteiger partial charge in [-0.25, -0.2) is 0 Å². The molecule has 0 saturated heterocycles. The van der Waals surface area contributed by atoms with Crippen LogP contribution in [0.3, 0.4) is 0 Å². The number of carbonyl (C=O) groups excluding carboxylic acids is 1. The van der Waals surface area contributed by atoms with Crippen LogP contribution >= 0.6 is 11.6 Å². The molecule has 1 amide bonds. The van der Waals surface area contributed by atoms with E-state index >= 15 is 0 Å². The molecule has 0 aliphatic carbocycles. The molecule has 2 aromatic carbocycles. The lowest BCUT2D eigenvalue weighted by Crippen LogP contribution is -2.32. The topological polar surface area (TPSA) is 25.2 Å². The van der Waals surface area contributed by atoms with Gasteiger partial charge in [0.1, 0.15) is 0 Å². The van der Waals surface area contributed by atoms with Gasteiger partial charge < -0.3 is 9.47 Å². The first-order valence-corrected chi connectivity index (χ1v) is 9.30. The quantitative estimate of drug-likeness (QED) is 0.510. The number of hydrogen-bond donors (Lipinski definition) is 0. The largest absolute Gasteiger partial charge is 0.345 e. The van der Waals surface area contributed by atoms with Crippen molar-refractivity contribution in [1.29, 1.82) is 0 Å². The Morgan fingerprint density at radius 2 is 1.96 bits per heavy atom. The molecule has 0 atom stereocenters. The SMILES string of the molecule is C=CCN(Cc1cccn1Cc1cccc(Cl)c1)C(=O)c1ccccc1C. The fourth-order valence-corrected chi connectivity index (χ4v) is 3.35. The van der Waals surface area contributed by atoms with E-state index in [1.807, 2.05) is 72.6 Å². The van der Waals surface area contributed by atoms with Crippen molar-refractivity contribution in [3.05, 3.63) is 107 Å². The fourth-order valence-electron chi connectivity index (χ4n) is 3.13. The Morgan fingerprint density at radius 1 is 1.15 bits per heavy atom. The monoisotopic (exact) mass is 378 g/mol. The van der Waals surface area contributed by atoms with E-state index in [1.165, 1.54) is 0 Å². The predicted octanol–water partition coefficient (Wildman–Crippen LogP) is 5.33. The average Bonchev–Trinajstić information content (AvgIpc) is 3.08. The maximum absolute atomic E-state index is 13.0. The van der Waals surface area contributed by atoms with Crippen LogP contribution in [0, 0.1) is 6.92 Å². The van der Waals surface area contributed by atoms with Gasteiger partial charge in [-0.05, 0) is 48.4 Å². The third-order valence-corrected chi connectivity index (χ3v) is 4.77. The van der Waals surface area contributed by atoms with E-state index in [9.17, 15) is 4.79 Å². The average molecular weight is 379 g/mol. The van der Waals surface area contributed by atoms with Crippen LogP contribution in [0.15, 0.2) is 79.5 Å². The van der Waals surface area contributed by atoms with Crippen LogP contribution in [-0.2, 0) is 13.1 Å². The van der Waals surface area contributed by atoms with Crippen molar-refractivity contribution >= 4 is 17.5 Å². The van der Waals surface area contributed by atoms with Crippen molar-refractivity contribution in [2.45, 2.75) is 20.0 Å². The molecule has 0 saturated carbocycles. The van der Waals surface area contributed by atoms with Gasteiger partial charge in [-0.15, -0.1) is 6.58 Å². The number of halogens is 1. The van der Waals surface area contributed by atoms with Crippen LogP contribution in [-0.4, -0.2) is 21.9 Å². The van der Waals surface area contributed by atoms with Crippen molar-refractivity contribution in [3.8, 4) is 0 Å². The molecule has 0 N–H and O–H groups in total. The highest BCUT2D eigenvalue weighted by molar-refractivity contribution is 6.30. The number of rotatable bonds is 7. The molecule has 138 valence electrons. The Bertz CT molecular complexity index is 945. The summed E-state index contributed by atoms with van der Waals surface area (Å²) in [5.74, 6) is 0.0171. The highest BCUT2D eigenvalue weighted by Crippen LogP contribution is 2.17. The van der Waals surface area contributed by atoms with E-state index in [1.54, 1.807) is 6.08 Å². The molecule has 3 nitrogen and oxygen atoms in total. The van der Waals surface area contributed by atoms with E-state index in [-0.39, 0.29) is 5.91 Å². The minimum Gasteiger partial charge on any atom is -0.345 e. The first kappa shape index (κ1) is 19.0. The number of hydrogen-bond acceptors (Lipinski definition) is 1. The number of carbonyl (C=O) groups is 1. The van der Waals surface area contributed by atoms with Gasteiger partial charge in [0.2, 0.25) is 0 Å². The van der Waals surface area contributed by atoms with Gasteiger partial charge in [0, 0.05) is 35.6 Å². The molecule has 3 rings (SSSR count). The van der Waals surface area contributed by atoms with E-state index in [2.05, 4.69) is 17.2 Å². The summed E-state index contributed by atoms with van der Waals surface area (Å²) in [5.41, 5.74) is 3.90. The standard InChI is InChI=1S/C23H23ClN2O/c1-3-13-26(23(27)22-12-5-4-8-18(22)2)17-21-11-7-14-25(21)16-19-9-6-10-20(24)15-19/h3-12,14-15H,1,13,16-17H2,2H3. The first-order chi connectivity index (χ1) is 13.1. The Labute approximate surface area is 165 Å². The summed E-state index contributed by atoms with van der Waals surface area (Å²) in [7, 11) is 0. The zero-order chi connectivity index (χ0) is 19.2. The maximum Gasteiger partial charge on any atom is 0.254 e. The molecular weight excluding hydrogens is 356 g/mol. The van der Waals surface area contributed by atoms with Gasteiger partial charge in [-0.3, -0.25) is 4.79 Å². The van der Waals surface area contributed by atoms with Crippen LogP contribution in [0.25, 0.3) is 0 Å². The Balaban J connectivity index is 1.82. The van der Waals surface area contributed by atoms with Crippen molar-refractivity contribution in [2.75, 3.05) is 6.54 Å². The van der Waals surface area contributed by atoms with E-state index in [0.717, 1.165) is 27.4 Å². The third-order valence-electron chi connectivity index (χ3n) is 4.53. The second-order valence-electron chi connectivity index (χ2n) is 6.55.